The average Bonchev–Trinajstić information content (AvgIpc) is 3.28. The second-order valence-electron chi connectivity index (χ2n) is 7.87. The topological polar surface area (TPSA) is 101 Å². The third-order valence-corrected chi connectivity index (χ3v) is 6.80. The van der Waals surface area contributed by atoms with Crippen LogP contribution in [0.4, 0.5) is 9.93 Å². The molecule has 1 unspecified atom stereocenters. The molecule has 2 heterocycles. The van der Waals surface area contributed by atoms with Crippen molar-refractivity contribution in [2.75, 3.05) is 18.5 Å². The van der Waals surface area contributed by atoms with Crippen molar-refractivity contribution >= 4 is 44.5 Å². The SMILES string of the molecule is CCOc1ccc2nc(NC(=O)CN3C(=O)NC4(CCCc5ccccc54)C3=O)sc2c1. The van der Waals surface area contributed by atoms with E-state index in [1.807, 2.05) is 49.4 Å². The smallest absolute Gasteiger partial charge is 0.325 e. The number of aromatic nitrogens is 1. The number of fused-ring (bicyclic) bond motifs is 3. The molecule has 0 radical (unpaired) electrons. The number of ether oxygens (including phenoxy) is 1. The zero-order chi connectivity index (χ0) is 22.3. The number of hydrogen-bond acceptors (Lipinski definition) is 6. The summed E-state index contributed by atoms with van der Waals surface area (Å²) in [6.07, 6.45) is 2.18. The van der Waals surface area contributed by atoms with Crippen LogP contribution in [0.25, 0.3) is 10.2 Å². The minimum atomic E-state index is -1.09. The summed E-state index contributed by atoms with van der Waals surface area (Å²) in [7, 11) is 0. The number of nitrogens with one attached hydrogen (secondary N) is 2. The lowest BCUT2D eigenvalue weighted by Gasteiger charge is -2.33. The van der Waals surface area contributed by atoms with Crippen LogP contribution in [-0.4, -0.2) is 40.9 Å². The number of rotatable bonds is 5. The quantitative estimate of drug-likeness (QED) is 0.580. The summed E-state index contributed by atoms with van der Waals surface area (Å²) < 4.78 is 6.37. The molecular weight excluding hydrogens is 428 g/mol. The lowest BCUT2D eigenvalue weighted by Crippen LogP contribution is -2.47. The Balaban J connectivity index is 1.33. The van der Waals surface area contributed by atoms with Gasteiger partial charge in [-0.1, -0.05) is 35.6 Å². The van der Waals surface area contributed by atoms with Gasteiger partial charge in [-0.2, -0.15) is 0 Å². The van der Waals surface area contributed by atoms with Crippen molar-refractivity contribution < 1.29 is 19.1 Å². The van der Waals surface area contributed by atoms with Crippen LogP contribution in [0.1, 0.15) is 30.9 Å². The summed E-state index contributed by atoms with van der Waals surface area (Å²) in [5.74, 6) is -0.117. The van der Waals surface area contributed by atoms with E-state index in [-0.39, 0.29) is 12.5 Å². The maximum Gasteiger partial charge on any atom is 0.325 e. The van der Waals surface area contributed by atoms with E-state index in [2.05, 4.69) is 15.6 Å². The van der Waals surface area contributed by atoms with E-state index in [9.17, 15) is 14.4 Å². The molecule has 0 bridgehead atoms. The van der Waals surface area contributed by atoms with Crippen molar-refractivity contribution in [1.29, 1.82) is 0 Å². The Morgan fingerprint density at radius 1 is 1.28 bits per heavy atom. The third-order valence-electron chi connectivity index (χ3n) is 5.87. The monoisotopic (exact) mass is 450 g/mol. The number of imide groups is 1. The fourth-order valence-electron chi connectivity index (χ4n) is 4.47. The van der Waals surface area contributed by atoms with Gasteiger partial charge in [-0.15, -0.1) is 0 Å². The summed E-state index contributed by atoms with van der Waals surface area (Å²) >= 11 is 1.31. The van der Waals surface area contributed by atoms with Gasteiger partial charge in [-0.05, 0) is 55.5 Å². The largest absolute Gasteiger partial charge is 0.494 e. The van der Waals surface area contributed by atoms with Crippen LogP contribution >= 0.6 is 11.3 Å². The molecule has 0 saturated carbocycles. The highest BCUT2D eigenvalue weighted by atomic mass is 32.1. The molecule has 1 aromatic heterocycles. The summed E-state index contributed by atoms with van der Waals surface area (Å²) in [5, 5.41) is 5.99. The number of aryl methyl sites for hydroxylation is 1. The van der Waals surface area contributed by atoms with E-state index in [4.69, 9.17) is 4.74 Å². The molecule has 1 aliphatic carbocycles. The van der Waals surface area contributed by atoms with Crippen LogP contribution < -0.4 is 15.4 Å². The summed E-state index contributed by atoms with van der Waals surface area (Å²) in [4.78, 5) is 44.1. The van der Waals surface area contributed by atoms with Gasteiger partial charge in [0, 0.05) is 0 Å². The van der Waals surface area contributed by atoms with Gasteiger partial charge in [-0.3, -0.25) is 14.5 Å². The van der Waals surface area contributed by atoms with E-state index in [0.29, 0.717) is 18.2 Å². The number of thiazole rings is 1. The zero-order valence-corrected chi connectivity index (χ0v) is 18.3. The van der Waals surface area contributed by atoms with Gasteiger partial charge in [0.25, 0.3) is 5.91 Å². The number of benzene rings is 2. The summed E-state index contributed by atoms with van der Waals surface area (Å²) in [6.45, 7) is 2.11. The molecule has 1 aliphatic heterocycles. The molecule has 2 aliphatic rings. The highest BCUT2D eigenvalue weighted by Gasteiger charge is 2.54. The predicted octanol–water partition coefficient (Wildman–Crippen LogP) is 3.42. The first kappa shape index (κ1) is 20.4. The van der Waals surface area contributed by atoms with Gasteiger partial charge < -0.3 is 15.4 Å². The van der Waals surface area contributed by atoms with Gasteiger partial charge in [0.05, 0.1) is 16.8 Å². The number of nitrogens with zero attached hydrogens (tertiary/aromatic N) is 2. The lowest BCUT2D eigenvalue weighted by atomic mass is 9.76. The Morgan fingerprint density at radius 3 is 2.97 bits per heavy atom. The third kappa shape index (κ3) is 3.38. The molecule has 3 aromatic rings. The van der Waals surface area contributed by atoms with Crippen LogP contribution in [0.2, 0.25) is 0 Å². The highest BCUT2D eigenvalue weighted by Crippen LogP contribution is 2.39. The van der Waals surface area contributed by atoms with E-state index < -0.39 is 17.5 Å². The molecule has 1 spiro atoms. The van der Waals surface area contributed by atoms with Gasteiger partial charge in [0.1, 0.15) is 17.8 Å². The molecule has 2 N–H and O–H groups in total. The molecule has 1 atom stereocenters. The van der Waals surface area contributed by atoms with Crippen LogP contribution in [0.3, 0.4) is 0 Å². The number of carbonyl (C=O) groups is 3. The maximum absolute atomic E-state index is 13.3. The van der Waals surface area contributed by atoms with Crippen molar-refractivity contribution in [2.24, 2.45) is 0 Å². The number of amides is 4. The van der Waals surface area contributed by atoms with Crippen LogP contribution in [0.15, 0.2) is 42.5 Å². The Hall–Kier alpha value is -3.46. The van der Waals surface area contributed by atoms with E-state index in [1.54, 1.807) is 0 Å². The van der Waals surface area contributed by atoms with Gasteiger partial charge in [0.2, 0.25) is 5.91 Å². The molecule has 9 heteroatoms. The Bertz CT molecular complexity index is 1240. The molecule has 32 heavy (non-hydrogen) atoms. The highest BCUT2D eigenvalue weighted by molar-refractivity contribution is 7.22. The molecule has 5 rings (SSSR count). The molecule has 164 valence electrons. The first-order valence-electron chi connectivity index (χ1n) is 10.6. The first-order valence-corrected chi connectivity index (χ1v) is 11.4. The number of hydrogen-bond donors (Lipinski definition) is 2. The Morgan fingerprint density at radius 2 is 2.12 bits per heavy atom. The van der Waals surface area contributed by atoms with Crippen molar-refractivity contribution in [3.05, 3.63) is 53.6 Å². The van der Waals surface area contributed by atoms with Crippen LogP contribution in [-0.2, 0) is 21.5 Å². The Kier molecular flexibility index (Phi) is 5.05. The molecule has 8 nitrogen and oxygen atoms in total. The lowest BCUT2D eigenvalue weighted by molar-refractivity contribution is -0.134. The number of carbonyl (C=O) groups excluding carboxylic acids is 3. The van der Waals surface area contributed by atoms with Crippen molar-refractivity contribution in [2.45, 2.75) is 31.7 Å². The van der Waals surface area contributed by atoms with Gasteiger partial charge >= 0.3 is 6.03 Å². The second kappa shape index (κ2) is 7.90. The standard InChI is InChI=1S/C23H22N4O4S/c1-2-31-15-9-10-17-18(12-15)32-21(24-17)25-19(28)13-27-20(29)23(26-22(27)30)11-5-7-14-6-3-4-8-16(14)23/h3-4,6,8-10,12H,2,5,7,11,13H2,1H3,(H,26,30)(H,24,25,28). The van der Waals surface area contributed by atoms with Crippen molar-refractivity contribution in [3.63, 3.8) is 0 Å². The Labute approximate surface area is 188 Å². The fourth-order valence-corrected chi connectivity index (χ4v) is 5.38. The minimum Gasteiger partial charge on any atom is -0.494 e. The predicted molar refractivity (Wildman–Crippen MR) is 121 cm³/mol. The average molecular weight is 451 g/mol. The molecular formula is C23H22N4O4S. The maximum atomic E-state index is 13.3. The molecule has 2 aromatic carbocycles. The summed E-state index contributed by atoms with van der Waals surface area (Å²) in [6, 6.07) is 12.6. The van der Waals surface area contributed by atoms with E-state index >= 15 is 0 Å². The van der Waals surface area contributed by atoms with Crippen LogP contribution in [0.5, 0.6) is 5.75 Å². The summed E-state index contributed by atoms with van der Waals surface area (Å²) in [5.41, 5.74) is 1.53. The molecule has 4 amide bonds. The second-order valence-corrected chi connectivity index (χ2v) is 8.90. The zero-order valence-electron chi connectivity index (χ0n) is 17.5. The van der Waals surface area contributed by atoms with Crippen molar-refractivity contribution in [3.8, 4) is 5.75 Å². The fraction of sp³-hybridized carbons (Fsp3) is 0.304. The van der Waals surface area contributed by atoms with Crippen molar-refractivity contribution in [1.82, 2.24) is 15.2 Å². The molecule has 1 fully saturated rings. The normalized spacial score (nSPS) is 19.8. The molecule has 1 saturated heterocycles. The van der Waals surface area contributed by atoms with E-state index in [1.165, 1.54) is 11.3 Å². The first-order chi connectivity index (χ1) is 15.5. The minimum absolute atomic E-state index is 0.366. The van der Waals surface area contributed by atoms with Crippen LogP contribution in [0, 0.1) is 0 Å². The van der Waals surface area contributed by atoms with Gasteiger partial charge in [0.15, 0.2) is 5.13 Å². The van der Waals surface area contributed by atoms with Gasteiger partial charge in [-0.25, -0.2) is 9.78 Å². The van der Waals surface area contributed by atoms with E-state index in [0.717, 1.165) is 44.8 Å². The number of anilines is 1. The number of urea groups is 1.